The first-order valence-electron chi connectivity index (χ1n) is 7.49. The van der Waals surface area contributed by atoms with Crippen LogP contribution in [-0.4, -0.2) is 23.5 Å². The van der Waals surface area contributed by atoms with E-state index in [0.717, 1.165) is 12.8 Å². The van der Waals surface area contributed by atoms with Gasteiger partial charge in [0.25, 0.3) is 5.69 Å². The molecule has 0 amide bonds. The third-order valence-electron chi connectivity index (χ3n) is 3.30. The van der Waals surface area contributed by atoms with Crippen LogP contribution in [0, 0.1) is 17.0 Å². The molecule has 0 bridgehead atoms. The van der Waals surface area contributed by atoms with Crippen LogP contribution >= 0.6 is 0 Å². The molecule has 0 saturated heterocycles. The Hall–Kier alpha value is -2.44. The number of carbonyl (C=O) groups excluding carboxylic acids is 2. The van der Waals surface area contributed by atoms with Crippen molar-refractivity contribution < 1.29 is 24.0 Å². The molecular weight excluding hydrogens is 302 g/mol. The zero-order valence-corrected chi connectivity index (χ0v) is 13.4. The highest BCUT2D eigenvalue weighted by Gasteiger charge is 2.15. The van der Waals surface area contributed by atoms with Gasteiger partial charge in [0.1, 0.15) is 6.61 Å². The van der Waals surface area contributed by atoms with E-state index in [9.17, 15) is 19.7 Å². The van der Waals surface area contributed by atoms with Gasteiger partial charge in [0.15, 0.2) is 0 Å². The van der Waals surface area contributed by atoms with Gasteiger partial charge in [0.05, 0.1) is 24.4 Å². The van der Waals surface area contributed by atoms with E-state index >= 15 is 0 Å². The van der Waals surface area contributed by atoms with Crippen molar-refractivity contribution in [2.75, 3.05) is 6.61 Å². The fourth-order valence-electron chi connectivity index (χ4n) is 1.86. The van der Waals surface area contributed by atoms with E-state index in [1.807, 2.05) is 6.92 Å². The highest BCUT2D eigenvalue weighted by Crippen LogP contribution is 2.21. The predicted octanol–water partition coefficient (Wildman–Crippen LogP) is 3.07. The van der Waals surface area contributed by atoms with Crippen molar-refractivity contribution in [2.45, 2.75) is 46.1 Å². The van der Waals surface area contributed by atoms with Crippen LogP contribution in [-0.2, 0) is 25.7 Å². The predicted molar refractivity (Wildman–Crippen MR) is 82.7 cm³/mol. The minimum Gasteiger partial charge on any atom is -0.466 e. The number of rotatable bonds is 9. The molecule has 23 heavy (non-hydrogen) atoms. The summed E-state index contributed by atoms with van der Waals surface area (Å²) in [5.41, 5.74) is 1.01. The van der Waals surface area contributed by atoms with Gasteiger partial charge in [-0.05, 0) is 18.9 Å². The summed E-state index contributed by atoms with van der Waals surface area (Å²) in [4.78, 5) is 33.3. The minimum absolute atomic E-state index is 0.0157. The fourth-order valence-corrected chi connectivity index (χ4v) is 1.86. The van der Waals surface area contributed by atoms with Gasteiger partial charge >= 0.3 is 11.9 Å². The lowest BCUT2D eigenvalue weighted by atomic mass is 10.1. The van der Waals surface area contributed by atoms with Gasteiger partial charge in [-0.2, -0.15) is 0 Å². The molecule has 0 N–H and O–H groups in total. The maximum Gasteiger partial charge on any atom is 0.306 e. The maximum absolute atomic E-state index is 11.6. The summed E-state index contributed by atoms with van der Waals surface area (Å²) in [5, 5.41) is 10.8. The van der Waals surface area contributed by atoms with E-state index in [1.165, 1.54) is 6.07 Å². The number of carbonyl (C=O) groups is 2. The lowest BCUT2D eigenvalue weighted by molar-refractivity contribution is -0.385. The zero-order chi connectivity index (χ0) is 17.2. The second-order valence-electron chi connectivity index (χ2n) is 5.05. The smallest absolute Gasteiger partial charge is 0.306 e. The quantitative estimate of drug-likeness (QED) is 0.300. The summed E-state index contributed by atoms with van der Waals surface area (Å²) in [6.07, 6.45) is 1.62. The Labute approximate surface area is 134 Å². The number of nitro benzene ring substituents is 1. The Morgan fingerprint density at radius 2 is 1.83 bits per heavy atom. The van der Waals surface area contributed by atoms with E-state index in [2.05, 4.69) is 0 Å². The number of esters is 2. The topological polar surface area (TPSA) is 95.7 Å². The summed E-state index contributed by atoms with van der Waals surface area (Å²) in [6.45, 7) is 3.89. The Kier molecular flexibility index (Phi) is 7.73. The van der Waals surface area contributed by atoms with Gasteiger partial charge in [-0.1, -0.05) is 25.5 Å². The Bertz CT molecular complexity index is 570. The minimum atomic E-state index is -0.539. The standard InChI is InChI=1S/C16H21NO6/c1-3-4-10-22-15(18)8-9-16(19)23-11-13-6-5-7-14(12(13)2)17(20)21/h5-7H,3-4,8-11H2,1-2H3. The molecular formula is C16H21NO6. The lowest BCUT2D eigenvalue weighted by Crippen LogP contribution is -2.11. The molecule has 1 aromatic carbocycles. The van der Waals surface area contributed by atoms with Crippen molar-refractivity contribution in [3.05, 3.63) is 39.4 Å². The summed E-state index contributed by atoms with van der Waals surface area (Å²) in [7, 11) is 0. The first-order valence-corrected chi connectivity index (χ1v) is 7.49. The van der Waals surface area contributed by atoms with Crippen molar-refractivity contribution in [3.8, 4) is 0 Å². The molecule has 0 radical (unpaired) electrons. The molecule has 0 aliphatic rings. The Balaban J connectivity index is 2.41. The van der Waals surface area contributed by atoms with Crippen molar-refractivity contribution >= 4 is 17.6 Å². The Morgan fingerprint density at radius 1 is 1.17 bits per heavy atom. The molecule has 0 fully saturated rings. The van der Waals surface area contributed by atoms with Crippen LogP contribution in [0.1, 0.15) is 43.7 Å². The third-order valence-corrected chi connectivity index (χ3v) is 3.30. The number of nitro groups is 1. The van der Waals surface area contributed by atoms with Crippen LogP contribution in [0.5, 0.6) is 0 Å². The molecule has 1 aromatic rings. The second-order valence-corrected chi connectivity index (χ2v) is 5.05. The van der Waals surface area contributed by atoms with Crippen molar-refractivity contribution in [2.24, 2.45) is 0 Å². The number of nitrogens with zero attached hydrogens (tertiary/aromatic N) is 1. The SMILES string of the molecule is CCCCOC(=O)CCC(=O)OCc1cccc([N+](=O)[O-])c1C. The summed E-state index contributed by atoms with van der Waals surface area (Å²) < 4.78 is 9.99. The molecule has 0 saturated carbocycles. The van der Waals surface area contributed by atoms with Gasteiger partial charge in [-0.25, -0.2) is 0 Å². The van der Waals surface area contributed by atoms with Crippen molar-refractivity contribution in [1.82, 2.24) is 0 Å². The average molecular weight is 323 g/mol. The highest BCUT2D eigenvalue weighted by atomic mass is 16.6. The Morgan fingerprint density at radius 3 is 2.43 bits per heavy atom. The number of benzene rings is 1. The number of hydrogen-bond acceptors (Lipinski definition) is 6. The molecule has 0 spiro atoms. The molecule has 0 unspecified atom stereocenters. The highest BCUT2D eigenvalue weighted by molar-refractivity contribution is 5.77. The second kappa shape index (κ2) is 9.55. The number of ether oxygens (including phenoxy) is 2. The van der Waals surface area contributed by atoms with Crippen LogP contribution < -0.4 is 0 Å². The number of unbranched alkanes of at least 4 members (excludes halogenated alkanes) is 1. The zero-order valence-electron chi connectivity index (χ0n) is 13.4. The molecule has 0 atom stereocenters. The summed E-state index contributed by atoms with van der Waals surface area (Å²) in [5.74, 6) is -0.967. The van der Waals surface area contributed by atoms with Crippen LogP contribution in [0.25, 0.3) is 0 Å². The average Bonchev–Trinajstić information content (AvgIpc) is 2.52. The van der Waals surface area contributed by atoms with Crippen LogP contribution in [0.3, 0.4) is 0 Å². The summed E-state index contributed by atoms with van der Waals surface area (Å²) in [6, 6.07) is 4.60. The molecule has 7 heteroatoms. The monoisotopic (exact) mass is 323 g/mol. The van der Waals surface area contributed by atoms with Gasteiger partial charge in [-0.3, -0.25) is 19.7 Å². The molecule has 0 aliphatic heterocycles. The van der Waals surface area contributed by atoms with Crippen molar-refractivity contribution in [3.63, 3.8) is 0 Å². The molecule has 1 rings (SSSR count). The third kappa shape index (κ3) is 6.46. The molecule has 0 aliphatic carbocycles. The van der Waals surface area contributed by atoms with E-state index in [1.54, 1.807) is 19.1 Å². The van der Waals surface area contributed by atoms with Crippen LogP contribution in [0.4, 0.5) is 5.69 Å². The molecule has 7 nitrogen and oxygen atoms in total. The first kappa shape index (κ1) is 18.6. The summed E-state index contributed by atoms with van der Waals surface area (Å²) >= 11 is 0. The first-order chi connectivity index (χ1) is 11.0. The largest absolute Gasteiger partial charge is 0.466 e. The lowest BCUT2D eigenvalue weighted by Gasteiger charge is -2.08. The van der Waals surface area contributed by atoms with Crippen LogP contribution in [0.15, 0.2) is 18.2 Å². The van der Waals surface area contributed by atoms with E-state index in [-0.39, 0.29) is 25.1 Å². The molecule has 126 valence electrons. The fraction of sp³-hybridized carbons (Fsp3) is 0.500. The van der Waals surface area contributed by atoms with E-state index < -0.39 is 16.9 Å². The van der Waals surface area contributed by atoms with Gasteiger partial charge in [0.2, 0.25) is 0 Å². The molecule has 0 heterocycles. The van der Waals surface area contributed by atoms with E-state index in [0.29, 0.717) is 17.7 Å². The van der Waals surface area contributed by atoms with Gasteiger partial charge in [-0.15, -0.1) is 0 Å². The normalized spacial score (nSPS) is 10.2. The molecule has 0 aromatic heterocycles. The number of hydrogen-bond donors (Lipinski definition) is 0. The van der Waals surface area contributed by atoms with Crippen molar-refractivity contribution in [1.29, 1.82) is 0 Å². The maximum atomic E-state index is 11.6. The van der Waals surface area contributed by atoms with Crippen LogP contribution in [0.2, 0.25) is 0 Å². The van der Waals surface area contributed by atoms with Gasteiger partial charge in [0, 0.05) is 11.6 Å². The van der Waals surface area contributed by atoms with Gasteiger partial charge < -0.3 is 9.47 Å². The van der Waals surface area contributed by atoms with E-state index in [4.69, 9.17) is 9.47 Å².